The van der Waals surface area contributed by atoms with Gasteiger partial charge < -0.3 is 14.4 Å². The van der Waals surface area contributed by atoms with Crippen LogP contribution >= 0.6 is 0 Å². The molecule has 2 rings (SSSR count). The summed E-state index contributed by atoms with van der Waals surface area (Å²) in [6.07, 6.45) is 1.02. The summed E-state index contributed by atoms with van der Waals surface area (Å²) in [5, 5.41) is 0. The first-order valence-electron chi connectivity index (χ1n) is 8.82. The van der Waals surface area contributed by atoms with Crippen LogP contribution in [0, 0.1) is 0 Å². The summed E-state index contributed by atoms with van der Waals surface area (Å²) in [5.41, 5.74) is 1.33. The lowest BCUT2D eigenvalue weighted by molar-refractivity contribution is -0.138. The Morgan fingerprint density at radius 3 is 2.75 bits per heavy atom. The summed E-state index contributed by atoms with van der Waals surface area (Å²) in [6.45, 7) is 8.07. The molecule has 1 saturated heterocycles. The van der Waals surface area contributed by atoms with Gasteiger partial charge in [0.1, 0.15) is 6.61 Å². The van der Waals surface area contributed by atoms with Gasteiger partial charge >= 0.3 is 0 Å². The number of carbonyl (C=O) groups excluding carboxylic acids is 1. The molecule has 0 saturated carbocycles. The summed E-state index contributed by atoms with van der Waals surface area (Å²) in [4.78, 5) is 16.8. The third-order valence-electron chi connectivity index (χ3n) is 4.78. The number of likely N-dealkylation sites (tertiary alicyclic amines) is 1. The Bertz CT molecular complexity index is 495. The molecule has 1 heterocycles. The molecule has 1 aromatic rings. The van der Waals surface area contributed by atoms with E-state index in [1.165, 1.54) is 5.56 Å². The number of methoxy groups -OCH3 is 1. The standard InChI is InChI=1S/C19H30N2O3/c1-4-21(19(22)15-24-13-12-23-3)18-10-11-20(14-18)16(2)17-8-6-5-7-9-17/h5-9,16,18H,4,10-15H2,1-3H3/t16-,18+/m1/s1. The van der Waals surface area contributed by atoms with Gasteiger partial charge in [0.05, 0.1) is 13.2 Å². The molecule has 1 aliphatic heterocycles. The minimum absolute atomic E-state index is 0.0767. The van der Waals surface area contributed by atoms with E-state index in [0.29, 0.717) is 19.3 Å². The molecule has 0 bridgehead atoms. The van der Waals surface area contributed by atoms with Crippen molar-refractivity contribution in [3.05, 3.63) is 35.9 Å². The van der Waals surface area contributed by atoms with Crippen molar-refractivity contribution in [1.29, 1.82) is 0 Å². The Balaban J connectivity index is 1.86. The molecule has 1 aromatic carbocycles. The number of hydrogen-bond acceptors (Lipinski definition) is 4. The van der Waals surface area contributed by atoms with Crippen LogP contribution in [0.1, 0.15) is 31.9 Å². The minimum atomic E-state index is 0.0767. The maximum Gasteiger partial charge on any atom is 0.248 e. The van der Waals surface area contributed by atoms with E-state index in [4.69, 9.17) is 9.47 Å². The first kappa shape index (κ1) is 18.9. The van der Waals surface area contributed by atoms with Gasteiger partial charge in [-0.3, -0.25) is 9.69 Å². The fraction of sp³-hybridized carbons (Fsp3) is 0.632. The zero-order valence-electron chi connectivity index (χ0n) is 15.1. The Hall–Kier alpha value is -1.43. The molecule has 0 unspecified atom stereocenters. The molecule has 5 nitrogen and oxygen atoms in total. The fourth-order valence-electron chi connectivity index (χ4n) is 3.34. The maximum absolute atomic E-state index is 12.4. The predicted molar refractivity (Wildman–Crippen MR) is 94.9 cm³/mol. The quantitative estimate of drug-likeness (QED) is 0.650. The van der Waals surface area contributed by atoms with Crippen LogP contribution in [0.3, 0.4) is 0 Å². The summed E-state index contributed by atoms with van der Waals surface area (Å²) >= 11 is 0. The number of amides is 1. The van der Waals surface area contributed by atoms with Gasteiger partial charge in [-0.1, -0.05) is 30.3 Å². The van der Waals surface area contributed by atoms with Crippen LogP contribution in [0.25, 0.3) is 0 Å². The molecule has 0 spiro atoms. The summed E-state index contributed by atoms with van der Waals surface area (Å²) in [5.74, 6) is 0.0767. The molecule has 134 valence electrons. The molecule has 1 amide bonds. The van der Waals surface area contributed by atoms with E-state index in [2.05, 4.69) is 36.1 Å². The van der Waals surface area contributed by atoms with Gasteiger partial charge in [0.15, 0.2) is 0 Å². The van der Waals surface area contributed by atoms with E-state index >= 15 is 0 Å². The second-order valence-electron chi connectivity index (χ2n) is 6.25. The van der Waals surface area contributed by atoms with Gasteiger partial charge in [0.2, 0.25) is 5.91 Å². The molecular weight excluding hydrogens is 304 g/mol. The smallest absolute Gasteiger partial charge is 0.248 e. The third-order valence-corrected chi connectivity index (χ3v) is 4.78. The Morgan fingerprint density at radius 1 is 1.33 bits per heavy atom. The average Bonchev–Trinajstić information content (AvgIpc) is 3.09. The second-order valence-corrected chi connectivity index (χ2v) is 6.25. The van der Waals surface area contributed by atoms with Crippen LogP contribution in [0.5, 0.6) is 0 Å². The summed E-state index contributed by atoms with van der Waals surface area (Å²) in [6, 6.07) is 11.2. The number of ether oxygens (including phenoxy) is 2. The molecule has 1 aliphatic rings. The third kappa shape index (κ3) is 5.03. The molecular formula is C19H30N2O3. The van der Waals surface area contributed by atoms with Crippen molar-refractivity contribution in [3.63, 3.8) is 0 Å². The van der Waals surface area contributed by atoms with Crippen molar-refractivity contribution >= 4 is 5.91 Å². The van der Waals surface area contributed by atoms with Crippen molar-refractivity contribution in [2.45, 2.75) is 32.4 Å². The molecule has 0 radical (unpaired) electrons. The van der Waals surface area contributed by atoms with Crippen molar-refractivity contribution in [1.82, 2.24) is 9.80 Å². The zero-order valence-corrected chi connectivity index (χ0v) is 15.1. The number of carbonyl (C=O) groups is 1. The highest BCUT2D eigenvalue weighted by atomic mass is 16.5. The van der Waals surface area contributed by atoms with Crippen molar-refractivity contribution in [3.8, 4) is 0 Å². The van der Waals surface area contributed by atoms with E-state index in [-0.39, 0.29) is 18.6 Å². The number of rotatable bonds is 9. The van der Waals surface area contributed by atoms with Crippen LogP contribution in [-0.2, 0) is 14.3 Å². The minimum Gasteiger partial charge on any atom is -0.382 e. The highest BCUT2D eigenvalue weighted by molar-refractivity contribution is 5.77. The van der Waals surface area contributed by atoms with Crippen molar-refractivity contribution in [2.75, 3.05) is 46.6 Å². The second kappa shape index (κ2) is 9.77. The van der Waals surface area contributed by atoms with E-state index in [0.717, 1.165) is 26.1 Å². The number of hydrogen-bond donors (Lipinski definition) is 0. The van der Waals surface area contributed by atoms with Gasteiger partial charge in [-0.15, -0.1) is 0 Å². The largest absolute Gasteiger partial charge is 0.382 e. The van der Waals surface area contributed by atoms with E-state index in [1.54, 1.807) is 7.11 Å². The number of likely N-dealkylation sites (N-methyl/N-ethyl adjacent to an activating group) is 1. The molecule has 1 fully saturated rings. The van der Waals surface area contributed by atoms with Crippen LogP contribution in [0.4, 0.5) is 0 Å². The highest BCUT2D eigenvalue weighted by Crippen LogP contribution is 2.26. The molecule has 24 heavy (non-hydrogen) atoms. The SMILES string of the molecule is CCN(C(=O)COCCOC)[C@H]1CCN([C@H](C)c2ccccc2)C1. The number of nitrogens with zero attached hydrogens (tertiary/aromatic N) is 2. The van der Waals surface area contributed by atoms with E-state index < -0.39 is 0 Å². The van der Waals surface area contributed by atoms with Gasteiger partial charge in [0.25, 0.3) is 0 Å². The number of benzene rings is 1. The first-order chi connectivity index (χ1) is 11.7. The van der Waals surface area contributed by atoms with Crippen LogP contribution in [-0.4, -0.2) is 68.3 Å². The lowest BCUT2D eigenvalue weighted by atomic mass is 10.1. The lowest BCUT2D eigenvalue weighted by Crippen LogP contribution is -2.44. The van der Waals surface area contributed by atoms with Gasteiger partial charge in [-0.05, 0) is 25.8 Å². The lowest BCUT2D eigenvalue weighted by Gasteiger charge is -2.29. The summed E-state index contributed by atoms with van der Waals surface area (Å²) in [7, 11) is 1.63. The predicted octanol–water partition coefficient (Wildman–Crippen LogP) is 2.33. The average molecular weight is 334 g/mol. The Kier molecular flexibility index (Phi) is 7.69. The van der Waals surface area contributed by atoms with Gasteiger partial charge in [-0.2, -0.15) is 0 Å². The highest BCUT2D eigenvalue weighted by Gasteiger charge is 2.32. The zero-order chi connectivity index (χ0) is 17.4. The van der Waals surface area contributed by atoms with Crippen LogP contribution in [0.2, 0.25) is 0 Å². The monoisotopic (exact) mass is 334 g/mol. The maximum atomic E-state index is 12.4. The Morgan fingerprint density at radius 2 is 2.08 bits per heavy atom. The Labute approximate surface area is 145 Å². The molecule has 2 atom stereocenters. The van der Waals surface area contributed by atoms with Gasteiger partial charge in [0, 0.05) is 38.8 Å². The fourth-order valence-corrected chi connectivity index (χ4v) is 3.34. The van der Waals surface area contributed by atoms with Gasteiger partial charge in [-0.25, -0.2) is 0 Å². The summed E-state index contributed by atoms with van der Waals surface area (Å²) < 4.78 is 10.3. The first-order valence-corrected chi connectivity index (χ1v) is 8.82. The molecule has 0 aromatic heterocycles. The topological polar surface area (TPSA) is 42.0 Å². The van der Waals surface area contributed by atoms with Crippen LogP contribution < -0.4 is 0 Å². The normalized spacial score (nSPS) is 19.4. The molecule has 5 heteroatoms. The molecule has 0 N–H and O–H groups in total. The van der Waals surface area contributed by atoms with Crippen molar-refractivity contribution in [2.24, 2.45) is 0 Å². The van der Waals surface area contributed by atoms with Crippen molar-refractivity contribution < 1.29 is 14.3 Å². The van der Waals surface area contributed by atoms with E-state index in [9.17, 15) is 4.79 Å². The van der Waals surface area contributed by atoms with E-state index in [1.807, 2.05) is 17.9 Å². The molecule has 0 aliphatic carbocycles. The van der Waals surface area contributed by atoms with Crippen LogP contribution in [0.15, 0.2) is 30.3 Å².